The first-order valence-electron chi connectivity index (χ1n) is 7.14. The molecule has 0 spiro atoms. The van der Waals surface area contributed by atoms with Crippen LogP contribution in [0.15, 0.2) is 42.5 Å². The summed E-state index contributed by atoms with van der Waals surface area (Å²) in [6.45, 7) is 0.131. The normalized spacial score (nSPS) is 13.7. The highest BCUT2D eigenvalue weighted by atomic mass is 32.2. The highest BCUT2D eigenvalue weighted by Gasteiger charge is 2.15. The zero-order chi connectivity index (χ0) is 16.6. The molecule has 0 aliphatic carbocycles. The molecule has 5 nitrogen and oxygen atoms in total. The number of fused-ring (bicyclic) bond motifs is 3. The fraction of sp³-hybridized carbons (Fsp3) is 0.250. The Morgan fingerprint density at radius 2 is 1.87 bits per heavy atom. The van der Waals surface area contributed by atoms with E-state index in [9.17, 15) is 17.9 Å². The van der Waals surface area contributed by atoms with Crippen LogP contribution in [0.1, 0.15) is 0 Å². The van der Waals surface area contributed by atoms with Crippen molar-refractivity contribution in [2.45, 2.75) is 12.6 Å². The van der Waals surface area contributed by atoms with Crippen LogP contribution < -0.4 is 4.72 Å². The molecule has 7 heteroatoms. The van der Waals surface area contributed by atoms with E-state index >= 15 is 0 Å². The number of nitrogens with one attached hydrogen (secondary N) is 1. The molecule has 0 aliphatic heterocycles. The Balaban J connectivity index is 2.02. The maximum atomic E-state index is 13.6. The molecule has 3 aromatic rings. The molecule has 122 valence electrons. The fourth-order valence-corrected chi connectivity index (χ4v) is 3.24. The van der Waals surface area contributed by atoms with Crippen LogP contribution in [0.5, 0.6) is 0 Å². The maximum Gasteiger partial charge on any atom is 0.208 e. The van der Waals surface area contributed by atoms with E-state index in [1.165, 1.54) is 12.1 Å². The van der Waals surface area contributed by atoms with Crippen molar-refractivity contribution in [3.05, 3.63) is 48.3 Å². The van der Waals surface area contributed by atoms with Crippen LogP contribution in [0.25, 0.3) is 21.8 Å². The zero-order valence-electron chi connectivity index (χ0n) is 12.5. The Kier molecular flexibility index (Phi) is 4.09. The van der Waals surface area contributed by atoms with Gasteiger partial charge in [-0.25, -0.2) is 17.5 Å². The largest absolute Gasteiger partial charge is 0.390 e. The van der Waals surface area contributed by atoms with E-state index in [0.29, 0.717) is 0 Å². The number of aliphatic hydroxyl groups excluding tert-OH is 1. The summed E-state index contributed by atoms with van der Waals surface area (Å²) in [4.78, 5) is 0. The first kappa shape index (κ1) is 15.9. The quantitative estimate of drug-likeness (QED) is 0.747. The molecule has 23 heavy (non-hydrogen) atoms. The summed E-state index contributed by atoms with van der Waals surface area (Å²) in [5.74, 6) is -0.320. The molecule has 0 radical (unpaired) electrons. The number of aromatic nitrogens is 1. The molecule has 3 rings (SSSR count). The average Bonchev–Trinajstić information content (AvgIpc) is 2.79. The van der Waals surface area contributed by atoms with Crippen molar-refractivity contribution in [3.63, 3.8) is 0 Å². The average molecular weight is 336 g/mol. The van der Waals surface area contributed by atoms with E-state index in [1.54, 1.807) is 6.07 Å². The van der Waals surface area contributed by atoms with Crippen molar-refractivity contribution in [2.24, 2.45) is 0 Å². The summed E-state index contributed by atoms with van der Waals surface area (Å²) in [6.07, 6.45) is 0.150. The highest BCUT2D eigenvalue weighted by Crippen LogP contribution is 2.29. The number of sulfonamides is 1. The Morgan fingerprint density at radius 3 is 2.61 bits per heavy atom. The number of nitrogens with zero attached hydrogens (tertiary/aromatic N) is 1. The predicted molar refractivity (Wildman–Crippen MR) is 88.3 cm³/mol. The summed E-state index contributed by atoms with van der Waals surface area (Å²) >= 11 is 0. The summed E-state index contributed by atoms with van der Waals surface area (Å²) in [5, 5.41) is 11.8. The van der Waals surface area contributed by atoms with Crippen LogP contribution in [-0.4, -0.2) is 37.0 Å². The van der Waals surface area contributed by atoms with Gasteiger partial charge in [-0.2, -0.15) is 0 Å². The molecular formula is C16H17FN2O3S. The molecule has 0 saturated heterocycles. The van der Waals surface area contributed by atoms with E-state index in [4.69, 9.17) is 0 Å². The molecule has 0 aliphatic rings. The van der Waals surface area contributed by atoms with Crippen LogP contribution in [-0.2, 0) is 16.6 Å². The number of para-hydroxylation sites is 1. The monoisotopic (exact) mass is 336 g/mol. The molecule has 1 atom stereocenters. The second kappa shape index (κ2) is 5.92. The number of halogens is 1. The summed E-state index contributed by atoms with van der Waals surface area (Å²) in [5.41, 5.74) is 1.66. The number of hydrogen-bond acceptors (Lipinski definition) is 3. The lowest BCUT2D eigenvalue weighted by atomic mass is 10.1. The second-order valence-electron chi connectivity index (χ2n) is 5.56. The molecule has 0 fully saturated rings. The van der Waals surface area contributed by atoms with Gasteiger partial charge in [0.1, 0.15) is 5.82 Å². The van der Waals surface area contributed by atoms with Gasteiger partial charge in [0.2, 0.25) is 10.0 Å². The standard InChI is InChI=1S/C16H17FN2O3S/c1-23(21,22)18-9-12(20)10-19-15-5-3-2-4-13(15)14-8-11(17)6-7-16(14)19/h2-8,12,18,20H,9-10H2,1H3. The first-order chi connectivity index (χ1) is 10.8. The third kappa shape index (κ3) is 3.36. The van der Waals surface area contributed by atoms with Crippen molar-refractivity contribution in [1.82, 2.24) is 9.29 Å². The van der Waals surface area contributed by atoms with E-state index in [-0.39, 0.29) is 18.9 Å². The van der Waals surface area contributed by atoms with Crippen molar-refractivity contribution in [1.29, 1.82) is 0 Å². The van der Waals surface area contributed by atoms with E-state index in [2.05, 4.69) is 4.72 Å². The van der Waals surface area contributed by atoms with Gasteiger partial charge in [0, 0.05) is 28.4 Å². The lowest BCUT2D eigenvalue weighted by molar-refractivity contribution is 0.161. The summed E-state index contributed by atoms with van der Waals surface area (Å²) < 4.78 is 40.0. The van der Waals surface area contributed by atoms with Crippen molar-refractivity contribution in [3.8, 4) is 0 Å². The van der Waals surface area contributed by atoms with Gasteiger partial charge in [-0.3, -0.25) is 0 Å². The number of benzene rings is 2. The highest BCUT2D eigenvalue weighted by molar-refractivity contribution is 7.88. The van der Waals surface area contributed by atoms with Crippen molar-refractivity contribution in [2.75, 3.05) is 12.8 Å². The Labute approximate surface area is 133 Å². The lowest BCUT2D eigenvalue weighted by Crippen LogP contribution is -2.33. The van der Waals surface area contributed by atoms with Crippen LogP contribution in [0.4, 0.5) is 4.39 Å². The summed E-state index contributed by atoms with van der Waals surface area (Å²) in [6, 6.07) is 12.0. The van der Waals surface area contributed by atoms with Gasteiger partial charge < -0.3 is 9.67 Å². The van der Waals surface area contributed by atoms with Gasteiger partial charge in [0.25, 0.3) is 0 Å². The predicted octanol–water partition coefficient (Wildman–Crippen LogP) is 1.84. The minimum absolute atomic E-state index is 0.0754. The Hall–Kier alpha value is -1.96. The van der Waals surface area contributed by atoms with E-state index < -0.39 is 16.1 Å². The zero-order valence-corrected chi connectivity index (χ0v) is 13.3. The Morgan fingerprint density at radius 1 is 1.17 bits per heavy atom. The molecule has 0 saturated carbocycles. The van der Waals surface area contributed by atoms with Gasteiger partial charge in [-0.15, -0.1) is 0 Å². The molecule has 1 unspecified atom stereocenters. The molecular weight excluding hydrogens is 319 g/mol. The molecule has 0 bridgehead atoms. The number of aliphatic hydroxyl groups is 1. The van der Waals surface area contributed by atoms with E-state index in [0.717, 1.165) is 28.1 Å². The van der Waals surface area contributed by atoms with Gasteiger partial charge in [0.05, 0.1) is 18.9 Å². The molecule has 2 N–H and O–H groups in total. The van der Waals surface area contributed by atoms with E-state index in [1.807, 2.05) is 28.8 Å². The smallest absolute Gasteiger partial charge is 0.208 e. The van der Waals surface area contributed by atoms with Crippen molar-refractivity contribution >= 4 is 31.8 Å². The van der Waals surface area contributed by atoms with Gasteiger partial charge >= 0.3 is 0 Å². The molecule has 2 aromatic carbocycles. The van der Waals surface area contributed by atoms with Gasteiger partial charge in [-0.1, -0.05) is 18.2 Å². The minimum Gasteiger partial charge on any atom is -0.390 e. The van der Waals surface area contributed by atoms with Crippen LogP contribution in [0.3, 0.4) is 0 Å². The van der Waals surface area contributed by atoms with Gasteiger partial charge in [0.15, 0.2) is 0 Å². The minimum atomic E-state index is -3.36. The maximum absolute atomic E-state index is 13.6. The van der Waals surface area contributed by atoms with Crippen LogP contribution >= 0.6 is 0 Å². The topological polar surface area (TPSA) is 71.3 Å². The molecule has 0 amide bonds. The molecule has 1 heterocycles. The van der Waals surface area contributed by atoms with Crippen molar-refractivity contribution < 1.29 is 17.9 Å². The third-order valence-electron chi connectivity index (χ3n) is 3.71. The second-order valence-corrected chi connectivity index (χ2v) is 7.40. The SMILES string of the molecule is CS(=O)(=O)NCC(O)Cn1c2ccccc2c2cc(F)ccc21. The van der Waals surface area contributed by atoms with Gasteiger partial charge in [-0.05, 0) is 24.3 Å². The Bertz CT molecular complexity index is 966. The number of hydrogen-bond donors (Lipinski definition) is 2. The summed E-state index contributed by atoms with van der Waals surface area (Å²) in [7, 11) is -3.36. The number of rotatable bonds is 5. The molecule has 1 aromatic heterocycles. The third-order valence-corrected chi connectivity index (χ3v) is 4.40. The fourth-order valence-electron chi connectivity index (χ4n) is 2.75. The lowest BCUT2D eigenvalue weighted by Gasteiger charge is -2.14. The van der Waals surface area contributed by atoms with Crippen LogP contribution in [0, 0.1) is 5.82 Å². The first-order valence-corrected chi connectivity index (χ1v) is 9.03. The van der Waals surface area contributed by atoms with Crippen LogP contribution in [0.2, 0.25) is 0 Å².